The molecule has 4 nitrogen and oxygen atoms in total. The highest BCUT2D eigenvalue weighted by molar-refractivity contribution is 7.07. The zero-order valence-electron chi connectivity index (χ0n) is 14.5. The van der Waals surface area contributed by atoms with Gasteiger partial charge in [0.25, 0.3) is 5.56 Å². The third kappa shape index (κ3) is 4.40. The second kappa shape index (κ2) is 7.85. The molecule has 2 aromatic carbocycles. The van der Waals surface area contributed by atoms with E-state index >= 15 is 0 Å². The first kappa shape index (κ1) is 19.6. The lowest BCUT2D eigenvalue weighted by Crippen LogP contribution is -2.20. The molecule has 0 bridgehead atoms. The SMILES string of the molecule is COc1ccc(C(=O)/C=c2\[nH]c(=O)/c(=C\c3ccccc3C(F)(F)F)s2)cc1. The average Bonchev–Trinajstić information content (AvgIpc) is 3.00. The number of nitrogens with one attached hydrogen (secondary N) is 1. The molecular weight excluding hydrogens is 391 g/mol. The van der Waals surface area contributed by atoms with Crippen LogP contribution < -0.4 is 19.5 Å². The van der Waals surface area contributed by atoms with Gasteiger partial charge in [-0.3, -0.25) is 9.59 Å². The number of hydrogen-bond acceptors (Lipinski definition) is 4. The maximum Gasteiger partial charge on any atom is 0.416 e. The molecule has 0 aliphatic heterocycles. The van der Waals surface area contributed by atoms with E-state index in [1.54, 1.807) is 24.3 Å². The van der Waals surface area contributed by atoms with Crippen molar-refractivity contribution in [3.63, 3.8) is 0 Å². The first-order valence-electron chi connectivity index (χ1n) is 8.05. The predicted octanol–water partition coefficient (Wildman–Crippen LogP) is 2.96. The molecule has 0 radical (unpaired) electrons. The van der Waals surface area contributed by atoms with E-state index in [-0.39, 0.29) is 20.5 Å². The molecule has 28 heavy (non-hydrogen) atoms. The molecule has 0 spiro atoms. The van der Waals surface area contributed by atoms with Crippen LogP contribution in [0.3, 0.4) is 0 Å². The summed E-state index contributed by atoms with van der Waals surface area (Å²) >= 11 is 0.912. The summed E-state index contributed by atoms with van der Waals surface area (Å²) in [6.45, 7) is 0. The van der Waals surface area contributed by atoms with Crippen molar-refractivity contribution in [1.29, 1.82) is 0 Å². The Morgan fingerprint density at radius 1 is 1.11 bits per heavy atom. The number of thiazole rings is 1. The number of alkyl halides is 3. The molecule has 1 N–H and O–H groups in total. The fourth-order valence-corrected chi connectivity index (χ4v) is 3.38. The molecule has 1 aromatic heterocycles. The van der Waals surface area contributed by atoms with Gasteiger partial charge >= 0.3 is 6.18 Å². The zero-order chi connectivity index (χ0) is 20.3. The van der Waals surface area contributed by atoms with Crippen molar-refractivity contribution in [2.24, 2.45) is 0 Å². The minimum Gasteiger partial charge on any atom is -0.497 e. The normalized spacial score (nSPS) is 13.0. The number of carbonyl (C=O) groups excluding carboxylic acids is 1. The van der Waals surface area contributed by atoms with E-state index in [0.717, 1.165) is 17.4 Å². The number of aromatic amines is 1. The summed E-state index contributed by atoms with van der Waals surface area (Å²) in [6.07, 6.45) is -2.13. The fourth-order valence-electron chi connectivity index (χ4n) is 2.50. The summed E-state index contributed by atoms with van der Waals surface area (Å²) < 4.78 is 44.7. The largest absolute Gasteiger partial charge is 0.497 e. The summed E-state index contributed by atoms with van der Waals surface area (Å²) in [7, 11) is 1.51. The molecule has 0 fully saturated rings. The second-order valence-corrected chi connectivity index (χ2v) is 6.83. The summed E-state index contributed by atoms with van der Waals surface area (Å²) in [5.41, 5.74) is -1.11. The van der Waals surface area contributed by atoms with Gasteiger partial charge in [-0.05, 0) is 42.0 Å². The Hall–Kier alpha value is -3.13. The van der Waals surface area contributed by atoms with Crippen molar-refractivity contribution in [2.45, 2.75) is 6.18 Å². The molecule has 8 heteroatoms. The maximum atomic E-state index is 13.1. The Morgan fingerprint density at radius 3 is 2.43 bits per heavy atom. The molecule has 3 aromatic rings. The molecule has 3 rings (SSSR count). The minimum atomic E-state index is -4.53. The highest BCUT2D eigenvalue weighted by Crippen LogP contribution is 2.32. The summed E-state index contributed by atoms with van der Waals surface area (Å²) in [6, 6.07) is 11.4. The van der Waals surface area contributed by atoms with Crippen LogP contribution in [0.25, 0.3) is 12.2 Å². The van der Waals surface area contributed by atoms with E-state index in [1.165, 1.54) is 37.5 Å². The van der Waals surface area contributed by atoms with Gasteiger partial charge in [-0.25, -0.2) is 0 Å². The van der Waals surface area contributed by atoms with Crippen molar-refractivity contribution >= 4 is 29.3 Å². The molecule has 0 unspecified atom stereocenters. The van der Waals surface area contributed by atoms with Crippen LogP contribution in [0, 0.1) is 0 Å². The van der Waals surface area contributed by atoms with Crippen LogP contribution in [0.1, 0.15) is 21.5 Å². The Labute approximate surface area is 161 Å². The van der Waals surface area contributed by atoms with E-state index in [1.807, 2.05) is 0 Å². The number of halogens is 3. The van der Waals surface area contributed by atoms with Crippen molar-refractivity contribution < 1.29 is 22.7 Å². The smallest absolute Gasteiger partial charge is 0.416 e. The third-order valence-electron chi connectivity index (χ3n) is 3.87. The Bertz CT molecular complexity index is 1170. The number of rotatable bonds is 4. The number of benzene rings is 2. The second-order valence-electron chi connectivity index (χ2n) is 5.75. The van der Waals surface area contributed by atoms with Gasteiger partial charge in [0.1, 0.15) is 5.75 Å². The van der Waals surface area contributed by atoms with Crippen LogP contribution >= 0.6 is 11.3 Å². The van der Waals surface area contributed by atoms with Gasteiger partial charge in [0.15, 0.2) is 5.78 Å². The predicted molar refractivity (Wildman–Crippen MR) is 101 cm³/mol. The number of carbonyl (C=O) groups is 1. The van der Waals surface area contributed by atoms with Crippen molar-refractivity contribution in [3.05, 3.63) is 84.8 Å². The van der Waals surface area contributed by atoms with Gasteiger partial charge in [-0.15, -0.1) is 11.3 Å². The standard InChI is InChI=1S/C20H14F3NO3S/c1-27-14-8-6-12(7-9-14)16(25)11-18-24-19(26)17(28-18)10-13-4-2-3-5-15(13)20(21,22)23/h2-11H,1H3,(H,24,26)/b17-10+,18-11+. The number of Topliss-reactive ketones (excluding diaryl/α,β-unsaturated/α-hetero) is 1. The van der Waals surface area contributed by atoms with Gasteiger partial charge in [0.2, 0.25) is 0 Å². The number of ether oxygens (including phenoxy) is 1. The molecule has 0 saturated carbocycles. The van der Waals surface area contributed by atoms with Gasteiger partial charge < -0.3 is 9.72 Å². The molecule has 0 amide bonds. The van der Waals surface area contributed by atoms with Crippen LogP contribution in [0.15, 0.2) is 53.3 Å². The molecular formula is C20H14F3NO3S. The summed E-state index contributed by atoms with van der Waals surface area (Å²) in [5.74, 6) is 0.253. The van der Waals surface area contributed by atoms with Gasteiger partial charge in [-0.1, -0.05) is 18.2 Å². The number of methoxy groups -OCH3 is 1. The zero-order valence-corrected chi connectivity index (χ0v) is 15.4. The van der Waals surface area contributed by atoms with Gasteiger partial charge in [0, 0.05) is 11.6 Å². The summed E-state index contributed by atoms with van der Waals surface area (Å²) in [4.78, 5) is 26.9. The van der Waals surface area contributed by atoms with Crippen molar-refractivity contribution in [1.82, 2.24) is 4.98 Å². The lowest BCUT2D eigenvalue weighted by atomic mass is 10.1. The molecule has 0 aliphatic rings. The van der Waals surface area contributed by atoms with Crippen molar-refractivity contribution in [2.75, 3.05) is 7.11 Å². The molecule has 1 heterocycles. The minimum absolute atomic E-state index is 0.0745. The highest BCUT2D eigenvalue weighted by atomic mass is 32.1. The molecule has 144 valence electrons. The lowest BCUT2D eigenvalue weighted by molar-refractivity contribution is -0.137. The quantitative estimate of drug-likeness (QED) is 0.679. The van der Waals surface area contributed by atoms with Crippen LogP contribution in [0.5, 0.6) is 5.75 Å². The van der Waals surface area contributed by atoms with Crippen LogP contribution in [-0.4, -0.2) is 17.9 Å². The highest BCUT2D eigenvalue weighted by Gasteiger charge is 2.32. The van der Waals surface area contributed by atoms with Crippen LogP contribution in [0.2, 0.25) is 0 Å². The van der Waals surface area contributed by atoms with Crippen LogP contribution in [-0.2, 0) is 6.18 Å². The molecule has 0 atom stereocenters. The average molecular weight is 405 g/mol. The van der Waals surface area contributed by atoms with E-state index in [4.69, 9.17) is 4.74 Å². The monoisotopic (exact) mass is 405 g/mol. The number of aromatic nitrogens is 1. The first-order valence-corrected chi connectivity index (χ1v) is 8.87. The lowest BCUT2D eigenvalue weighted by Gasteiger charge is -2.09. The number of ketones is 1. The van der Waals surface area contributed by atoms with E-state index in [9.17, 15) is 22.8 Å². The fraction of sp³-hybridized carbons (Fsp3) is 0.100. The van der Waals surface area contributed by atoms with E-state index < -0.39 is 17.3 Å². The summed E-state index contributed by atoms with van der Waals surface area (Å²) in [5, 5.41) is 0. The van der Waals surface area contributed by atoms with Crippen molar-refractivity contribution in [3.8, 4) is 5.75 Å². The Balaban J connectivity index is 2.00. The third-order valence-corrected chi connectivity index (χ3v) is 4.83. The first-order chi connectivity index (χ1) is 13.3. The van der Waals surface area contributed by atoms with Gasteiger partial charge in [-0.2, -0.15) is 13.2 Å². The van der Waals surface area contributed by atoms with Crippen LogP contribution in [0.4, 0.5) is 13.2 Å². The topological polar surface area (TPSA) is 59.2 Å². The number of hydrogen-bond donors (Lipinski definition) is 1. The Morgan fingerprint density at radius 2 is 1.79 bits per heavy atom. The number of H-pyrrole nitrogens is 1. The van der Waals surface area contributed by atoms with E-state index in [0.29, 0.717) is 11.3 Å². The van der Waals surface area contributed by atoms with Gasteiger partial charge in [0.05, 0.1) is 21.9 Å². The van der Waals surface area contributed by atoms with E-state index in [2.05, 4.69) is 4.98 Å². The molecule has 0 aliphatic carbocycles. The maximum absolute atomic E-state index is 13.1. The molecule has 0 saturated heterocycles. The Kier molecular flexibility index (Phi) is 5.51.